The lowest BCUT2D eigenvalue weighted by Gasteiger charge is -2.19. The van der Waals surface area contributed by atoms with Crippen molar-refractivity contribution in [3.63, 3.8) is 0 Å². The molecule has 8 heteroatoms. The number of carbonyl (C=O) groups excluding carboxylic acids is 3. The van der Waals surface area contributed by atoms with Crippen molar-refractivity contribution in [1.82, 2.24) is 0 Å². The third-order valence-electron chi connectivity index (χ3n) is 4.64. The van der Waals surface area contributed by atoms with Gasteiger partial charge < -0.3 is 19.7 Å². The monoisotopic (exact) mass is 460 g/mol. The fourth-order valence-corrected chi connectivity index (χ4v) is 3.63. The summed E-state index contributed by atoms with van der Waals surface area (Å²) in [5, 5.41) is 2.71. The van der Waals surface area contributed by atoms with Gasteiger partial charge in [-0.25, -0.2) is 0 Å². The van der Waals surface area contributed by atoms with Crippen LogP contribution in [0.5, 0.6) is 5.75 Å². The third kappa shape index (κ3) is 4.95. The number of aryl methyl sites for hydroxylation is 1. The molecule has 0 spiro atoms. The first-order valence-electron chi connectivity index (χ1n) is 9.05. The fraction of sp³-hybridized carbons (Fsp3) is 0.286. The predicted octanol–water partition coefficient (Wildman–Crippen LogP) is 3.30. The van der Waals surface area contributed by atoms with Gasteiger partial charge in [0.05, 0.1) is 18.7 Å². The van der Waals surface area contributed by atoms with Crippen molar-refractivity contribution in [2.24, 2.45) is 5.92 Å². The second kappa shape index (κ2) is 9.09. The second-order valence-corrected chi connectivity index (χ2v) is 7.61. The van der Waals surface area contributed by atoms with E-state index in [2.05, 4.69) is 21.2 Å². The smallest absolute Gasteiger partial charge is 0.311 e. The summed E-state index contributed by atoms with van der Waals surface area (Å²) in [6, 6.07) is 12.6. The first-order chi connectivity index (χ1) is 13.9. The van der Waals surface area contributed by atoms with Gasteiger partial charge in [-0.15, -0.1) is 0 Å². The summed E-state index contributed by atoms with van der Waals surface area (Å²) in [5.41, 5.74) is 2.14. The summed E-state index contributed by atoms with van der Waals surface area (Å²) >= 11 is 3.36. The molecule has 1 atom stereocenters. The van der Waals surface area contributed by atoms with Crippen LogP contribution in [-0.2, 0) is 19.1 Å². The molecule has 0 unspecified atom stereocenters. The van der Waals surface area contributed by atoms with Crippen molar-refractivity contribution in [2.45, 2.75) is 13.3 Å². The first kappa shape index (κ1) is 20.9. The third-order valence-corrected chi connectivity index (χ3v) is 5.14. The maximum atomic E-state index is 12.4. The molecule has 0 bridgehead atoms. The zero-order valence-electron chi connectivity index (χ0n) is 16.1. The highest BCUT2D eigenvalue weighted by atomic mass is 79.9. The van der Waals surface area contributed by atoms with Crippen LogP contribution in [-0.4, -0.2) is 38.0 Å². The molecule has 2 amide bonds. The number of benzene rings is 2. The molecule has 152 valence electrons. The number of rotatable bonds is 6. The molecule has 0 aromatic heterocycles. The molecule has 1 N–H and O–H groups in total. The number of para-hydroxylation sites is 2. The summed E-state index contributed by atoms with van der Waals surface area (Å²) in [6.07, 6.45) is 0.0321. The highest BCUT2D eigenvalue weighted by molar-refractivity contribution is 9.10. The highest BCUT2D eigenvalue weighted by Gasteiger charge is 2.37. The van der Waals surface area contributed by atoms with Crippen molar-refractivity contribution >= 4 is 45.1 Å². The maximum absolute atomic E-state index is 12.4. The van der Waals surface area contributed by atoms with Crippen molar-refractivity contribution in [2.75, 3.05) is 30.5 Å². The van der Waals surface area contributed by atoms with E-state index in [1.807, 2.05) is 19.1 Å². The minimum Gasteiger partial charge on any atom is -0.495 e. The number of nitrogens with one attached hydrogen (secondary N) is 1. The largest absolute Gasteiger partial charge is 0.495 e. The Kier molecular flexibility index (Phi) is 6.53. The number of carbonyl (C=O) groups is 3. The van der Waals surface area contributed by atoms with Gasteiger partial charge in [-0.05, 0) is 42.8 Å². The molecular weight excluding hydrogens is 440 g/mol. The number of halogens is 1. The molecule has 1 aliphatic heterocycles. The average Bonchev–Trinajstić information content (AvgIpc) is 3.09. The van der Waals surface area contributed by atoms with E-state index in [1.165, 1.54) is 12.0 Å². The summed E-state index contributed by atoms with van der Waals surface area (Å²) in [7, 11) is 1.52. The fourth-order valence-electron chi connectivity index (χ4n) is 3.16. The van der Waals surface area contributed by atoms with Gasteiger partial charge in [-0.2, -0.15) is 0 Å². The Hall–Kier alpha value is -2.87. The number of esters is 1. The Morgan fingerprint density at radius 2 is 2.00 bits per heavy atom. The molecule has 7 nitrogen and oxygen atoms in total. The Morgan fingerprint density at radius 3 is 2.72 bits per heavy atom. The van der Waals surface area contributed by atoms with E-state index in [-0.39, 0.29) is 18.9 Å². The van der Waals surface area contributed by atoms with Crippen LogP contribution in [0.3, 0.4) is 0 Å². The number of anilines is 2. The van der Waals surface area contributed by atoms with Gasteiger partial charge in [-0.1, -0.05) is 28.1 Å². The Labute approximate surface area is 177 Å². The van der Waals surface area contributed by atoms with Gasteiger partial charge in [0.1, 0.15) is 5.75 Å². The van der Waals surface area contributed by atoms with Gasteiger partial charge in [0.15, 0.2) is 6.61 Å². The lowest BCUT2D eigenvalue weighted by molar-refractivity contribution is -0.151. The van der Waals surface area contributed by atoms with Gasteiger partial charge in [0.2, 0.25) is 5.91 Å². The van der Waals surface area contributed by atoms with E-state index in [0.717, 1.165) is 10.0 Å². The van der Waals surface area contributed by atoms with E-state index in [0.29, 0.717) is 17.1 Å². The molecule has 3 rings (SSSR count). The number of amides is 2. The van der Waals surface area contributed by atoms with Crippen LogP contribution < -0.4 is 15.0 Å². The number of methoxy groups -OCH3 is 1. The number of hydrogen-bond acceptors (Lipinski definition) is 5. The number of nitrogens with zero attached hydrogens (tertiary/aromatic N) is 1. The van der Waals surface area contributed by atoms with Gasteiger partial charge in [0.25, 0.3) is 5.91 Å². The van der Waals surface area contributed by atoms with Crippen LogP contribution in [0.2, 0.25) is 0 Å². The van der Waals surface area contributed by atoms with E-state index in [1.54, 1.807) is 30.3 Å². The Bertz CT molecular complexity index is 946. The van der Waals surface area contributed by atoms with E-state index in [4.69, 9.17) is 9.47 Å². The standard InChI is InChI=1S/C21H21BrN2O5/c1-13-9-15(22)7-8-16(13)23-19(25)12-29-21(27)14-10-20(26)24(11-14)17-5-3-4-6-18(17)28-2/h3-9,14H,10-12H2,1-2H3,(H,23,25)/t14-/m0/s1. The lowest BCUT2D eigenvalue weighted by atomic mass is 10.1. The van der Waals surface area contributed by atoms with Gasteiger partial charge in [0, 0.05) is 23.1 Å². The van der Waals surface area contributed by atoms with Crippen molar-refractivity contribution < 1.29 is 23.9 Å². The minimum atomic E-state index is -0.630. The van der Waals surface area contributed by atoms with Crippen molar-refractivity contribution in [3.05, 3.63) is 52.5 Å². The summed E-state index contributed by atoms with van der Waals surface area (Å²) in [4.78, 5) is 38.4. The SMILES string of the molecule is COc1ccccc1N1C[C@@H](C(=O)OCC(=O)Nc2ccc(Br)cc2C)CC1=O. The van der Waals surface area contributed by atoms with Crippen LogP contribution in [0.15, 0.2) is 46.9 Å². The Morgan fingerprint density at radius 1 is 1.24 bits per heavy atom. The molecule has 1 heterocycles. The molecule has 2 aromatic carbocycles. The van der Waals surface area contributed by atoms with E-state index >= 15 is 0 Å². The molecule has 0 radical (unpaired) electrons. The molecular formula is C21H21BrN2O5. The molecule has 1 aliphatic rings. The molecule has 29 heavy (non-hydrogen) atoms. The topological polar surface area (TPSA) is 84.9 Å². The number of ether oxygens (including phenoxy) is 2. The second-order valence-electron chi connectivity index (χ2n) is 6.69. The van der Waals surface area contributed by atoms with Crippen LogP contribution in [0, 0.1) is 12.8 Å². The van der Waals surface area contributed by atoms with Crippen molar-refractivity contribution in [1.29, 1.82) is 0 Å². The van der Waals surface area contributed by atoms with Crippen LogP contribution in [0.25, 0.3) is 0 Å². The molecule has 0 aliphatic carbocycles. The minimum absolute atomic E-state index is 0.0321. The van der Waals surface area contributed by atoms with E-state index < -0.39 is 24.4 Å². The highest BCUT2D eigenvalue weighted by Crippen LogP contribution is 2.33. The average molecular weight is 461 g/mol. The first-order valence-corrected chi connectivity index (χ1v) is 9.84. The van der Waals surface area contributed by atoms with Crippen LogP contribution in [0.1, 0.15) is 12.0 Å². The van der Waals surface area contributed by atoms with Crippen molar-refractivity contribution in [3.8, 4) is 5.75 Å². The normalized spacial score (nSPS) is 15.9. The van der Waals surface area contributed by atoms with Crippen LogP contribution in [0.4, 0.5) is 11.4 Å². The quantitative estimate of drug-likeness (QED) is 0.668. The molecule has 1 fully saturated rings. The summed E-state index contributed by atoms with van der Waals surface area (Å²) in [6.45, 7) is 1.64. The number of hydrogen-bond donors (Lipinski definition) is 1. The predicted molar refractivity (Wildman–Crippen MR) is 112 cm³/mol. The summed E-state index contributed by atoms with van der Waals surface area (Å²) < 4.78 is 11.3. The molecule has 1 saturated heterocycles. The molecule has 2 aromatic rings. The van der Waals surface area contributed by atoms with Crippen LogP contribution >= 0.6 is 15.9 Å². The zero-order valence-corrected chi connectivity index (χ0v) is 17.7. The van der Waals surface area contributed by atoms with Gasteiger partial charge >= 0.3 is 5.97 Å². The molecule has 0 saturated carbocycles. The lowest BCUT2D eigenvalue weighted by Crippen LogP contribution is -2.28. The van der Waals surface area contributed by atoms with E-state index in [9.17, 15) is 14.4 Å². The zero-order chi connectivity index (χ0) is 21.0. The van der Waals surface area contributed by atoms with Gasteiger partial charge in [-0.3, -0.25) is 14.4 Å². The maximum Gasteiger partial charge on any atom is 0.311 e. The Balaban J connectivity index is 1.56. The summed E-state index contributed by atoms with van der Waals surface area (Å²) in [5.74, 6) is -1.27.